The molecule has 1 aliphatic carbocycles. The van der Waals surface area contributed by atoms with Gasteiger partial charge < -0.3 is 10.2 Å². The molecular formula is C14H28O2. The first-order chi connectivity index (χ1) is 7.76. The molecule has 0 atom stereocenters. The number of rotatable bonds is 7. The SMILES string of the molecule is CCC(CO)(CO)CCCC1CCCCC1. The average molecular weight is 228 g/mol. The van der Waals surface area contributed by atoms with Crippen molar-refractivity contribution in [1.29, 1.82) is 0 Å². The van der Waals surface area contributed by atoms with Crippen LogP contribution in [0.5, 0.6) is 0 Å². The normalized spacial score (nSPS) is 18.9. The van der Waals surface area contributed by atoms with E-state index in [2.05, 4.69) is 6.92 Å². The summed E-state index contributed by atoms with van der Waals surface area (Å²) in [6.07, 6.45) is 11.4. The smallest absolute Gasteiger partial charge is 0.0509 e. The predicted molar refractivity (Wildman–Crippen MR) is 67.3 cm³/mol. The summed E-state index contributed by atoms with van der Waals surface area (Å²) in [6.45, 7) is 2.32. The average Bonchev–Trinajstić information content (AvgIpc) is 2.37. The Morgan fingerprint density at radius 2 is 1.69 bits per heavy atom. The van der Waals surface area contributed by atoms with Crippen molar-refractivity contribution in [3.05, 3.63) is 0 Å². The van der Waals surface area contributed by atoms with E-state index in [1.54, 1.807) is 0 Å². The predicted octanol–water partition coefficient (Wildman–Crippen LogP) is 3.12. The third-order valence-electron chi connectivity index (χ3n) is 4.47. The van der Waals surface area contributed by atoms with E-state index < -0.39 is 0 Å². The molecule has 0 saturated heterocycles. The van der Waals surface area contributed by atoms with E-state index in [-0.39, 0.29) is 18.6 Å². The third kappa shape index (κ3) is 4.06. The summed E-state index contributed by atoms with van der Waals surface area (Å²) in [7, 11) is 0. The molecule has 0 spiro atoms. The van der Waals surface area contributed by atoms with Crippen LogP contribution < -0.4 is 0 Å². The van der Waals surface area contributed by atoms with Crippen molar-refractivity contribution in [2.45, 2.75) is 64.7 Å². The first kappa shape index (κ1) is 14.0. The monoisotopic (exact) mass is 228 g/mol. The molecule has 96 valence electrons. The molecule has 0 aromatic carbocycles. The van der Waals surface area contributed by atoms with Gasteiger partial charge in [-0.15, -0.1) is 0 Å². The van der Waals surface area contributed by atoms with Crippen molar-refractivity contribution in [3.63, 3.8) is 0 Å². The van der Waals surface area contributed by atoms with Gasteiger partial charge in [-0.3, -0.25) is 0 Å². The maximum absolute atomic E-state index is 9.35. The van der Waals surface area contributed by atoms with Gasteiger partial charge in [0.25, 0.3) is 0 Å². The lowest BCUT2D eigenvalue weighted by Gasteiger charge is -2.29. The Bertz CT molecular complexity index is 161. The van der Waals surface area contributed by atoms with Crippen molar-refractivity contribution < 1.29 is 10.2 Å². The van der Waals surface area contributed by atoms with Crippen molar-refractivity contribution in [3.8, 4) is 0 Å². The first-order valence-corrected chi connectivity index (χ1v) is 6.98. The zero-order valence-corrected chi connectivity index (χ0v) is 10.7. The van der Waals surface area contributed by atoms with E-state index in [0.29, 0.717) is 0 Å². The fraction of sp³-hybridized carbons (Fsp3) is 1.00. The van der Waals surface area contributed by atoms with E-state index in [0.717, 1.165) is 18.8 Å². The Hall–Kier alpha value is -0.0800. The lowest BCUT2D eigenvalue weighted by atomic mass is 9.79. The Morgan fingerprint density at radius 3 is 2.19 bits per heavy atom. The van der Waals surface area contributed by atoms with Crippen molar-refractivity contribution in [2.75, 3.05) is 13.2 Å². The van der Waals surface area contributed by atoms with Gasteiger partial charge in [0.1, 0.15) is 0 Å². The molecule has 1 aliphatic rings. The summed E-state index contributed by atoms with van der Waals surface area (Å²) in [6, 6.07) is 0. The first-order valence-electron chi connectivity index (χ1n) is 6.98. The third-order valence-corrected chi connectivity index (χ3v) is 4.47. The van der Waals surface area contributed by atoms with Gasteiger partial charge in [0.05, 0.1) is 13.2 Å². The van der Waals surface area contributed by atoms with Crippen LogP contribution in [0.15, 0.2) is 0 Å². The summed E-state index contributed by atoms with van der Waals surface area (Å²) in [5.74, 6) is 0.917. The lowest BCUT2D eigenvalue weighted by molar-refractivity contribution is 0.0403. The maximum Gasteiger partial charge on any atom is 0.0509 e. The van der Waals surface area contributed by atoms with E-state index in [1.165, 1.54) is 44.9 Å². The quantitative estimate of drug-likeness (QED) is 0.703. The molecule has 0 aliphatic heterocycles. The fourth-order valence-electron chi connectivity index (χ4n) is 2.85. The largest absolute Gasteiger partial charge is 0.396 e. The van der Waals surface area contributed by atoms with Crippen LogP contribution >= 0.6 is 0 Å². The molecule has 1 rings (SSSR count). The molecule has 2 N–H and O–H groups in total. The molecule has 16 heavy (non-hydrogen) atoms. The highest BCUT2D eigenvalue weighted by molar-refractivity contribution is 4.77. The molecule has 0 heterocycles. The van der Waals surface area contributed by atoms with E-state index in [9.17, 15) is 10.2 Å². The molecule has 0 aromatic rings. The zero-order valence-electron chi connectivity index (χ0n) is 10.7. The summed E-state index contributed by atoms with van der Waals surface area (Å²) < 4.78 is 0. The van der Waals surface area contributed by atoms with Gasteiger partial charge in [0.15, 0.2) is 0 Å². The molecule has 0 bridgehead atoms. The lowest BCUT2D eigenvalue weighted by Crippen LogP contribution is -2.29. The van der Waals surface area contributed by atoms with E-state index >= 15 is 0 Å². The Morgan fingerprint density at radius 1 is 1.06 bits per heavy atom. The van der Waals surface area contributed by atoms with Crippen molar-refractivity contribution >= 4 is 0 Å². The van der Waals surface area contributed by atoms with Crippen LogP contribution in [0.4, 0.5) is 0 Å². The zero-order chi connectivity index (χ0) is 11.9. The Labute approximate surface area is 100 Å². The standard InChI is InChI=1S/C14H28O2/c1-2-14(11-15,12-16)10-6-9-13-7-4-3-5-8-13/h13,15-16H,2-12H2,1H3. The minimum absolute atomic E-state index is 0.130. The Balaban J connectivity index is 2.21. The molecular weight excluding hydrogens is 200 g/mol. The van der Waals surface area contributed by atoms with Gasteiger partial charge in [-0.2, -0.15) is 0 Å². The molecule has 2 nitrogen and oxygen atoms in total. The van der Waals surface area contributed by atoms with Gasteiger partial charge in [-0.05, 0) is 18.8 Å². The molecule has 0 amide bonds. The van der Waals surface area contributed by atoms with E-state index in [4.69, 9.17) is 0 Å². The number of aliphatic hydroxyl groups excluding tert-OH is 2. The minimum atomic E-state index is -0.214. The van der Waals surface area contributed by atoms with Gasteiger partial charge >= 0.3 is 0 Å². The fourth-order valence-corrected chi connectivity index (χ4v) is 2.85. The van der Waals surface area contributed by atoms with Crippen LogP contribution in [0.2, 0.25) is 0 Å². The number of hydrogen-bond donors (Lipinski definition) is 2. The van der Waals surface area contributed by atoms with Crippen molar-refractivity contribution in [2.24, 2.45) is 11.3 Å². The molecule has 1 saturated carbocycles. The summed E-state index contributed by atoms with van der Waals surface area (Å²) in [5.41, 5.74) is -0.214. The van der Waals surface area contributed by atoms with E-state index in [1.807, 2.05) is 0 Å². The summed E-state index contributed by atoms with van der Waals surface area (Å²) in [4.78, 5) is 0. The maximum atomic E-state index is 9.35. The van der Waals surface area contributed by atoms with Crippen LogP contribution in [0.3, 0.4) is 0 Å². The molecule has 0 aromatic heterocycles. The van der Waals surface area contributed by atoms with Gasteiger partial charge in [0, 0.05) is 5.41 Å². The highest BCUT2D eigenvalue weighted by atomic mass is 16.3. The molecule has 2 heteroatoms. The number of hydrogen-bond acceptors (Lipinski definition) is 2. The number of aliphatic hydroxyl groups is 2. The van der Waals surface area contributed by atoms with Crippen LogP contribution in [0, 0.1) is 11.3 Å². The van der Waals surface area contributed by atoms with Crippen LogP contribution in [-0.2, 0) is 0 Å². The van der Waals surface area contributed by atoms with Crippen LogP contribution in [0.25, 0.3) is 0 Å². The van der Waals surface area contributed by atoms with Crippen molar-refractivity contribution in [1.82, 2.24) is 0 Å². The van der Waals surface area contributed by atoms with Gasteiger partial charge in [-0.1, -0.05) is 51.9 Å². The summed E-state index contributed by atoms with van der Waals surface area (Å²) in [5, 5.41) is 18.7. The minimum Gasteiger partial charge on any atom is -0.396 e. The highest BCUT2D eigenvalue weighted by Gasteiger charge is 2.26. The van der Waals surface area contributed by atoms with Gasteiger partial charge in [-0.25, -0.2) is 0 Å². The second-order valence-electron chi connectivity index (χ2n) is 5.57. The topological polar surface area (TPSA) is 40.5 Å². The molecule has 0 unspecified atom stereocenters. The van der Waals surface area contributed by atoms with Gasteiger partial charge in [0.2, 0.25) is 0 Å². The summed E-state index contributed by atoms with van der Waals surface area (Å²) >= 11 is 0. The molecule has 0 radical (unpaired) electrons. The van der Waals surface area contributed by atoms with Crippen LogP contribution in [0.1, 0.15) is 64.7 Å². The second kappa shape index (κ2) is 7.29. The van der Waals surface area contributed by atoms with Crippen LogP contribution in [-0.4, -0.2) is 23.4 Å². The second-order valence-corrected chi connectivity index (χ2v) is 5.57. The Kier molecular flexibility index (Phi) is 6.37. The molecule has 1 fully saturated rings. The highest BCUT2D eigenvalue weighted by Crippen LogP contribution is 2.32.